The van der Waals surface area contributed by atoms with Crippen molar-refractivity contribution in [3.8, 4) is 0 Å². The maximum Gasteiger partial charge on any atom is 0.135 e. The highest BCUT2D eigenvalue weighted by Gasteiger charge is 2.08. The average molecular weight is 263 g/mol. The van der Waals surface area contributed by atoms with Gasteiger partial charge in [-0.3, -0.25) is 0 Å². The van der Waals surface area contributed by atoms with Crippen molar-refractivity contribution in [3.63, 3.8) is 0 Å². The molecule has 0 bridgehead atoms. The van der Waals surface area contributed by atoms with E-state index in [0.29, 0.717) is 12.4 Å². The van der Waals surface area contributed by atoms with Gasteiger partial charge < -0.3 is 11.1 Å². The molecule has 2 aromatic rings. The number of nitrogens with zero attached hydrogens (tertiary/aromatic N) is 3. The number of nitrogens with two attached hydrogens (primary N) is 1. The van der Waals surface area contributed by atoms with Crippen LogP contribution in [0.5, 0.6) is 0 Å². The summed E-state index contributed by atoms with van der Waals surface area (Å²) in [7, 11) is 0. The normalized spacial score (nSPS) is 10.6. The van der Waals surface area contributed by atoms with E-state index in [9.17, 15) is 0 Å². The number of thiazole rings is 1. The summed E-state index contributed by atoms with van der Waals surface area (Å²) in [5, 5.41) is 6.39. The summed E-state index contributed by atoms with van der Waals surface area (Å²) < 4.78 is 0. The van der Waals surface area contributed by atoms with Gasteiger partial charge in [-0.25, -0.2) is 15.0 Å². The van der Waals surface area contributed by atoms with Crippen LogP contribution < -0.4 is 11.1 Å². The molecule has 18 heavy (non-hydrogen) atoms. The van der Waals surface area contributed by atoms with Gasteiger partial charge >= 0.3 is 0 Å². The van der Waals surface area contributed by atoms with Gasteiger partial charge in [-0.2, -0.15) is 0 Å². The van der Waals surface area contributed by atoms with Gasteiger partial charge in [0.25, 0.3) is 0 Å². The highest BCUT2D eigenvalue weighted by molar-refractivity contribution is 7.09. The Labute approximate surface area is 111 Å². The van der Waals surface area contributed by atoms with Crippen LogP contribution in [0.25, 0.3) is 0 Å². The average Bonchev–Trinajstić information content (AvgIpc) is 2.77. The number of hydrogen-bond acceptors (Lipinski definition) is 6. The molecule has 0 aliphatic heterocycles. The predicted octanol–water partition coefficient (Wildman–Crippen LogP) is 2.31. The van der Waals surface area contributed by atoms with E-state index in [2.05, 4.69) is 20.3 Å². The van der Waals surface area contributed by atoms with Crippen molar-refractivity contribution in [2.75, 3.05) is 11.1 Å². The molecule has 0 fully saturated rings. The highest BCUT2D eigenvalue weighted by Crippen LogP contribution is 2.18. The van der Waals surface area contributed by atoms with Gasteiger partial charge in [-0.1, -0.05) is 6.92 Å². The summed E-state index contributed by atoms with van der Waals surface area (Å²) in [6, 6.07) is 0. The van der Waals surface area contributed by atoms with Crippen LogP contribution in [0.15, 0.2) is 5.38 Å². The third-order valence-electron chi connectivity index (χ3n) is 2.65. The van der Waals surface area contributed by atoms with Crippen molar-refractivity contribution >= 4 is 23.0 Å². The molecular formula is C12H17N5S. The highest BCUT2D eigenvalue weighted by atomic mass is 32.1. The van der Waals surface area contributed by atoms with Crippen molar-refractivity contribution in [1.82, 2.24) is 15.0 Å². The van der Waals surface area contributed by atoms with Crippen LogP contribution in [-0.4, -0.2) is 15.0 Å². The first kappa shape index (κ1) is 12.8. The predicted molar refractivity (Wildman–Crippen MR) is 74.7 cm³/mol. The van der Waals surface area contributed by atoms with E-state index >= 15 is 0 Å². The Balaban J connectivity index is 2.15. The molecule has 0 radical (unpaired) electrons. The first-order valence-corrected chi connectivity index (χ1v) is 6.76. The van der Waals surface area contributed by atoms with Gasteiger partial charge in [0.1, 0.15) is 17.5 Å². The first-order chi connectivity index (χ1) is 8.60. The van der Waals surface area contributed by atoms with Crippen molar-refractivity contribution in [1.29, 1.82) is 0 Å². The molecule has 0 atom stereocenters. The van der Waals surface area contributed by atoms with Gasteiger partial charge in [0.2, 0.25) is 0 Å². The molecule has 0 unspecified atom stereocenters. The minimum Gasteiger partial charge on any atom is -0.383 e. The van der Waals surface area contributed by atoms with Crippen LogP contribution >= 0.6 is 11.3 Å². The maximum absolute atomic E-state index is 5.87. The summed E-state index contributed by atoms with van der Waals surface area (Å²) in [6.45, 7) is 6.59. The third-order valence-corrected chi connectivity index (χ3v) is 3.47. The summed E-state index contributed by atoms with van der Waals surface area (Å²) in [4.78, 5) is 13.1. The SMILES string of the molecule is CCc1nc(N)c(C)c(NCc2csc(C)n2)n1. The van der Waals surface area contributed by atoms with Crippen LogP contribution in [-0.2, 0) is 13.0 Å². The third kappa shape index (κ3) is 2.76. The standard InChI is InChI=1S/C12H17N5S/c1-4-10-16-11(13)7(2)12(17-10)14-5-9-6-18-8(3)15-9/h6H,4-5H2,1-3H3,(H3,13,14,16,17). The maximum atomic E-state index is 5.87. The smallest absolute Gasteiger partial charge is 0.135 e. The summed E-state index contributed by atoms with van der Waals surface area (Å²) in [6.07, 6.45) is 0.773. The molecule has 2 heterocycles. The lowest BCUT2D eigenvalue weighted by Crippen LogP contribution is -2.09. The van der Waals surface area contributed by atoms with Gasteiger partial charge in [0.15, 0.2) is 0 Å². The molecule has 6 heteroatoms. The number of nitrogens with one attached hydrogen (secondary N) is 1. The summed E-state index contributed by atoms with van der Waals surface area (Å²) in [5.41, 5.74) is 7.77. The lowest BCUT2D eigenvalue weighted by molar-refractivity contribution is 0.924. The van der Waals surface area contributed by atoms with E-state index < -0.39 is 0 Å². The summed E-state index contributed by atoms with van der Waals surface area (Å²) >= 11 is 1.65. The largest absolute Gasteiger partial charge is 0.383 e. The van der Waals surface area contributed by atoms with Crippen LogP contribution in [0, 0.1) is 13.8 Å². The van der Waals surface area contributed by atoms with Gasteiger partial charge in [0, 0.05) is 17.4 Å². The molecule has 3 N–H and O–H groups in total. The van der Waals surface area contributed by atoms with Crippen LogP contribution in [0.4, 0.5) is 11.6 Å². The topological polar surface area (TPSA) is 76.7 Å². The minimum absolute atomic E-state index is 0.541. The second-order valence-corrected chi connectivity index (χ2v) is 5.13. The molecule has 2 rings (SSSR count). The number of nitrogen functional groups attached to an aromatic ring is 1. The van der Waals surface area contributed by atoms with Crippen molar-refractivity contribution in [2.24, 2.45) is 0 Å². The number of rotatable bonds is 4. The molecule has 0 aromatic carbocycles. The van der Waals surface area contributed by atoms with Gasteiger partial charge in [-0.05, 0) is 13.8 Å². The van der Waals surface area contributed by atoms with E-state index in [1.807, 2.05) is 26.2 Å². The van der Waals surface area contributed by atoms with E-state index in [4.69, 9.17) is 5.73 Å². The Morgan fingerprint density at radius 2 is 2.06 bits per heavy atom. The van der Waals surface area contributed by atoms with Crippen LogP contribution in [0.1, 0.15) is 29.0 Å². The monoisotopic (exact) mass is 263 g/mol. The summed E-state index contributed by atoms with van der Waals surface area (Å²) in [5.74, 6) is 2.10. The van der Waals surface area contributed by atoms with E-state index in [1.54, 1.807) is 11.3 Å². The fourth-order valence-corrected chi connectivity index (χ4v) is 2.19. The van der Waals surface area contributed by atoms with Gasteiger partial charge in [-0.15, -0.1) is 11.3 Å². The lowest BCUT2D eigenvalue weighted by atomic mass is 10.3. The van der Waals surface area contributed by atoms with E-state index in [-0.39, 0.29) is 0 Å². The molecule has 0 amide bonds. The number of anilines is 2. The fraction of sp³-hybridized carbons (Fsp3) is 0.417. The van der Waals surface area contributed by atoms with Crippen molar-refractivity contribution < 1.29 is 0 Å². The molecule has 5 nitrogen and oxygen atoms in total. The number of aryl methyl sites for hydroxylation is 2. The molecule has 96 valence electrons. The number of aromatic nitrogens is 3. The minimum atomic E-state index is 0.541. The molecule has 0 spiro atoms. The Hall–Kier alpha value is -1.69. The van der Waals surface area contributed by atoms with Crippen LogP contribution in [0.2, 0.25) is 0 Å². The second-order valence-electron chi connectivity index (χ2n) is 4.06. The Bertz CT molecular complexity index is 549. The molecule has 2 aromatic heterocycles. The molecular weight excluding hydrogens is 246 g/mol. The molecule has 0 aliphatic carbocycles. The molecule has 0 aliphatic rings. The Kier molecular flexibility index (Phi) is 3.76. The number of hydrogen-bond donors (Lipinski definition) is 2. The lowest BCUT2D eigenvalue weighted by Gasteiger charge is -2.10. The Morgan fingerprint density at radius 3 is 2.67 bits per heavy atom. The van der Waals surface area contributed by atoms with Crippen molar-refractivity contribution in [3.05, 3.63) is 27.5 Å². The van der Waals surface area contributed by atoms with E-state index in [0.717, 1.165) is 34.3 Å². The zero-order valence-electron chi connectivity index (χ0n) is 10.8. The van der Waals surface area contributed by atoms with E-state index in [1.165, 1.54) is 0 Å². The van der Waals surface area contributed by atoms with Crippen LogP contribution in [0.3, 0.4) is 0 Å². The zero-order valence-corrected chi connectivity index (χ0v) is 11.6. The van der Waals surface area contributed by atoms with Crippen molar-refractivity contribution in [2.45, 2.75) is 33.7 Å². The quantitative estimate of drug-likeness (QED) is 0.885. The fourth-order valence-electron chi connectivity index (χ4n) is 1.58. The molecule has 0 saturated heterocycles. The van der Waals surface area contributed by atoms with Gasteiger partial charge in [0.05, 0.1) is 17.2 Å². The molecule has 0 saturated carbocycles. The zero-order chi connectivity index (χ0) is 13.1. The second kappa shape index (κ2) is 5.30. The first-order valence-electron chi connectivity index (χ1n) is 5.88. The Morgan fingerprint density at radius 1 is 1.28 bits per heavy atom.